The highest BCUT2D eigenvalue weighted by molar-refractivity contribution is 7.89. The van der Waals surface area contributed by atoms with Gasteiger partial charge in [0.2, 0.25) is 10.0 Å². The molecule has 0 bridgehead atoms. The SMILES string of the molecule is Cc1cc(S(=O)(=O)N2CCCC(C(C)N)C2)ccc1F. The highest BCUT2D eigenvalue weighted by Crippen LogP contribution is 2.25. The summed E-state index contributed by atoms with van der Waals surface area (Å²) in [5.41, 5.74) is 6.22. The summed E-state index contributed by atoms with van der Waals surface area (Å²) in [5.74, 6) is -0.212. The van der Waals surface area contributed by atoms with Crippen LogP contribution in [0.3, 0.4) is 0 Å². The second kappa shape index (κ2) is 5.79. The van der Waals surface area contributed by atoms with Crippen molar-refractivity contribution in [2.75, 3.05) is 13.1 Å². The summed E-state index contributed by atoms with van der Waals surface area (Å²) in [6.45, 7) is 4.41. The van der Waals surface area contributed by atoms with Crippen molar-refractivity contribution >= 4 is 10.0 Å². The van der Waals surface area contributed by atoms with Crippen LogP contribution in [0.25, 0.3) is 0 Å². The van der Waals surface area contributed by atoms with Crippen molar-refractivity contribution in [3.05, 3.63) is 29.6 Å². The van der Waals surface area contributed by atoms with Crippen LogP contribution >= 0.6 is 0 Å². The van der Waals surface area contributed by atoms with E-state index < -0.39 is 15.8 Å². The van der Waals surface area contributed by atoms with Crippen molar-refractivity contribution in [3.8, 4) is 0 Å². The molecule has 1 heterocycles. The first-order valence-corrected chi connectivity index (χ1v) is 8.28. The van der Waals surface area contributed by atoms with Crippen LogP contribution in [0.5, 0.6) is 0 Å². The molecule has 0 spiro atoms. The maximum absolute atomic E-state index is 13.3. The van der Waals surface area contributed by atoms with E-state index in [0.717, 1.165) is 12.8 Å². The van der Waals surface area contributed by atoms with E-state index >= 15 is 0 Å². The molecule has 2 rings (SSSR count). The third kappa shape index (κ3) is 3.02. The summed E-state index contributed by atoms with van der Waals surface area (Å²) < 4.78 is 39.9. The van der Waals surface area contributed by atoms with Crippen LogP contribution in [0, 0.1) is 18.7 Å². The Kier molecular flexibility index (Phi) is 4.46. The predicted molar refractivity (Wildman–Crippen MR) is 76.3 cm³/mol. The molecule has 1 saturated heterocycles. The van der Waals surface area contributed by atoms with E-state index in [9.17, 15) is 12.8 Å². The Bertz CT molecular complexity index is 587. The van der Waals surface area contributed by atoms with Crippen molar-refractivity contribution < 1.29 is 12.8 Å². The fourth-order valence-electron chi connectivity index (χ4n) is 2.55. The zero-order valence-corrected chi connectivity index (χ0v) is 12.7. The van der Waals surface area contributed by atoms with Crippen molar-refractivity contribution in [3.63, 3.8) is 0 Å². The van der Waals surface area contributed by atoms with Crippen molar-refractivity contribution in [1.82, 2.24) is 4.31 Å². The van der Waals surface area contributed by atoms with Gasteiger partial charge in [0.05, 0.1) is 4.90 Å². The molecule has 2 atom stereocenters. The third-order valence-electron chi connectivity index (χ3n) is 3.93. The van der Waals surface area contributed by atoms with Gasteiger partial charge in [0.25, 0.3) is 0 Å². The molecule has 112 valence electrons. The van der Waals surface area contributed by atoms with Crippen molar-refractivity contribution in [1.29, 1.82) is 0 Å². The number of halogens is 1. The van der Waals surface area contributed by atoms with Gasteiger partial charge in [-0.3, -0.25) is 0 Å². The number of aryl methyl sites for hydroxylation is 1. The number of sulfonamides is 1. The molecule has 0 amide bonds. The molecular weight excluding hydrogens is 279 g/mol. The van der Waals surface area contributed by atoms with Crippen LogP contribution in [-0.4, -0.2) is 31.9 Å². The first-order chi connectivity index (χ1) is 9.32. The Labute approximate surface area is 119 Å². The molecule has 2 unspecified atom stereocenters. The van der Waals surface area contributed by atoms with Gasteiger partial charge in [-0.15, -0.1) is 0 Å². The minimum Gasteiger partial charge on any atom is -0.328 e. The third-order valence-corrected chi connectivity index (χ3v) is 5.79. The molecular formula is C14H21FN2O2S. The number of hydrogen-bond donors (Lipinski definition) is 1. The summed E-state index contributed by atoms with van der Waals surface area (Å²) in [4.78, 5) is 0.154. The molecule has 4 nitrogen and oxygen atoms in total. The average Bonchev–Trinajstić information content (AvgIpc) is 2.42. The Morgan fingerprint density at radius 3 is 2.75 bits per heavy atom. The molecule has 1 aliphatic rings. The maximum Gasteiger partial charge on any atom is 0.243 e. The van der Waals surface area contributed by atoms with E-state index in [1.54, 1.807) is 6.92 Å². The molecule has 6 heteroatoms. The van der Waals surface area contributed by atoms with E-state index in [0.29, 0.717) is 18.7 Å². The van der Waals surface area contributed by atoms with Gasteiger partial charge in [-0.05, 0) is 56.4 Å². The van der Waals surface area contributed by atoms with Crippen LogP contribution in [0.1, 0.15) is 25.3 Å². The highest BCUT2D eigenvalue weighted by atomic mass is 32.2. The van der Waals surface area contributed by atoms with Gasteiger partial charge >= 0.3 is 0 Å². The second-order valence-corrected chi connectivity index (χ2v) is 7.47. The van der Waals surface area contributed by atoms with Crippen LogP contribution < -0.4 is 5.73 Å². The molecule has 1 aromatic rings. The minimum atomic E-state index is -3.56. The molecule has 20 heavy (non-hydrogen) atoms. The van der Waals surface area contributed by atoms with E-state index in [4.69, 9.17) is 5.73 Å². The lowest BCUT2D eigenvalue weighted by Gasteiger charge is -2.33. The normalized spacial score (nSPS) is 22.7. The second-order valence-electron chi connectivity index (χ2n) is 5.54. The van der Waals surface area contributed by atoms with E-state index in [1.807, 2.05) is 6.92 Å². The fraction of sp³-hybridized carbons (Fsp3) is 0.571. The summed E-state index contributed by atoms with van der Waals surface area (Å²) in [6.07, 6.45) is 1.76. The van der Waals surface area contributed by atoms with Crippen molar-refractivity contribution in [2.24, 2.45) is 11.7 Å². The van der Waals surface area contributed by atoms with E-state index in [-0.39, 0.29) is 16.9 Å². The van der Waals surface area contributed by atoms with Crippen LogP contribution in [0.4, 0.5) is 4.39 Å². The number of benzene rings is 1. The van der Waals surface area contributed by atoms with Crippen LogP contribution in [-0.2, 0) is 10.0 Å². The maximum atomic E-state index is 13.3. The zero-order valence-electron chi connectivity index (χ0n) is 11.8. The smallest absolute Gasteiger partial charge is 0.243 e. The molecule has 0 saturated carbocycles. The summed E-state index contributed by atoms with van der Waals surface area (Å²) >= 11 is 0. The Morgan fingerprint density at radius 2 is 2.15 bits per heavy atom. The molecule has 2 N–H and O–H groups in total. The Balaban J connectivity index is 2.27. The number of hydrogen-bond acceptors (Lipinski definition) is 3. The van der Waals surface area contributed by atoms with Gasteiger partial charge in [0, 0.05) is 19.1 Å². The number of rotatable bonds is 3. The van der Waals surface area contributed by atoms with Gasteiger partial charge in [0.1, 0.15) is 5.82 Å². The zero-order chi connectivity index (χ0) is 14.9. The van der Waals surface area contributed by atoms with Gasteiger partial charge in [0.15, 0.2) is 0 Å². The lowest BCUT2D eigenvalue weighted by Crippen LogP contribution is -2.44. The quantitative estimate of drug-likeness (QED) is 0.927. The number of nitrogens with zero attached hydrogens (tertiary/aromatic N) is 1. The van der Waals surface area contributed by atoms with Crippen LogP contribution in [0.2, 0.25) is 0 Å². The van der Waals surface area contributed by atoms with Crippen molar-refractivity contribution in [2.45, 2.75) is 37.6 Å². The average molecular weight is 300 g/mol. The molecule has 1 aromatic carbocycles. The number of nitrogens with two attached hydrogens (primary N) is 1. The Hall–Kier alpha value is -0.980. The van der Waals surface area contributed by atoms with Crippen LogP contribution in [0.15, 0.2) is 23.1 Å². The van der Waals surface area contributed by atoms with E-state index in [1.165, 1.54) is 22.5 Å². The van der Waals surface area contributed by atoms with Gasteiger partial charge in [-0.1, -0.05) is 0 Å². The molecule has 1 fully saturated rings. The van der Waals surface area contributed by atoms with Gasteiger partial charge < -0.3 is 5.73 Å². The Morgan fingerprint density at radius 1 is 1.45 bits per heavy atom. The predicted octanol–water partition coefficient (Wildman–Crippen LogP) is 1.88. The molecule has 0 aliphatic carbocycles. The topological polar surface area (TPSA) is 63.4 Å². The standard InChI is InChI=1S/C14H21FN2O2S/c1-10-8-13(5-6-14(10)15)20(18,19)17-7-3-4-12(9-17)11(2)16/h5-6,8,11-12H,3-4,7,9,16H2,1-2H3. The molecule has 1 aliphatic heterocycles. The van der Waals surface area contributed by atoms with Gasteiger partial charge in [-0.2, -0.15) is 4.31 Å². The lowest BCUT2D eigenvalue weighted by molar-refractivity contribution is 0.243. The summed E-state index contributed by atoms with van der Waals surface area (Å²) in [6, 6.07) is 3.89. The first kappa shape index (κ1) is 15.4. The minimum absolute atomic E-state index is 0.0250. The van der Waals surface area contributed by atoms with Gasteiger partial charge in [-0.25, -0.2) is 12.8 Å². The summed E-state index contributed by atoms with van der Waals surface area (Å²) in [5, 5.41) is 0. The monoisotopic (exact) mass is 300 g/mol. The first-order valence-electron chi connectivity index (χ1n) is 6.84. The summed E-state index contributed by atoms with van der Waals surface area (Å²) in [7, 11) is -3.56. The molecule has 0 radical (unpaired) electrons. The fourth-order valence-corrected chi connectivity index (χ4v) is 4.17. The van der Waals surface area contributed by atoms with E-state index in [2.05, 4.69) is 0 Å². The lowest BCUT2D eigenvalue weighted by atomic mass is 9.93. The largest absolute Gasteiger partial charge is 0.328 e. The highest BCUT2D eigenvalue weighted by Gasteiger charge is 2.31. The molecule has 0 aromatic heterocycles. The number of piperidine rings is 1.